The molecule has 7 heteroatoms. The van der Waals surface area contributed by atoms with Gasteiger partial charge in [-0.2, -0.15) is 5.10 Å². The van der Waals surface area contributed by atoms with E-state index >= 15 is 0 Å². The van der Waals surface area contributed by atoms with Crippen molar-refractivity contribution in [2.24, 2.45) is 12.2 Å². The van der Waals surface area contributed by atoms with E-state index in [1.54, 1.807) is 23.0 Å². The molecule has 1 heterocycles. The maximum absolute atomic E-state index is 5.94. The largest absolute Gasteiger partial charge is 0.490 e. The average Bonchev–Trinajstić information content (AvgIpc) is 2.99. The minimum Gasteiger partial charge on any atom is -0.490 e. The van der Waals surface area contributed by atoms with Gasteiger partial charge in [-0.05, 0) is 55.5 Å². The van der Waals surface area contributed by atoms with Gasteiger partial charge in [-0.3, -0.25) is 0 Å². The molecule has 1 aromatic heterocycles. The van der Waals surface area contributed by atoms with Crippen LogP contribution in [0.3, 0.4) is 0 Å². The lowest BCUT2D eigenvalue weighted by Gasteiger charge is -2.06. The molecule has 0 aliphatic heterocycles. The lowest BCUT2D eigenvalue weighted by molar-refractivity contribution is 0.176. The predicted octanol–water partition coefficient (Wildman–Crippen LogP) is 5.16. The number of para-hydroxylation sites is 1. The summed E-state index contributed by atoms with van der Waals surface area (Å²) in [6.45, 7) is 2.66. The van der Waals surface area contributed by atoms with E-state index in [-0.39, 0.29) is 0 Å². The number of oxime groups is 1. The van der Waals surface area contributed by atoms with Gasteiger partial charge in [0, 0.05) is 12.1 Å². The Morgan fingerprint density at radius 1 is 1.00 bits per heavy atom. The first-order chi connectivity index (χ1) is 14.1. The Morgan fingerprint density at radius 2 is 1.72 bits per heavy atom. The third-order valence-corrected chi connectivity index (χ3v) is 4.18. The van der Waals surface area contributed by atoms with Crippen LogP contribution in [0, 0.1) is 6.92 Å². The van der Waals surface area contributed by atoms with Crippen molar-refractivity contribution in [3.05, 3.63) is 83.0 Å². The fourth-order valence-electron chi connectivity index (χ4n) is 2.51. The lowest BCUT2D eigenvalue weighted by atomic mass is 10.3. The van der Waals surface area contributed by atoms with Gasteiger partial charge in [0.15, 0.2) is 0 Å². The zero-order valence-corrected chi connectivity index (χ0v) is 17.0. The van der Waals surface area contributed by atoms with Crippen molar-refractivity contribution >= 4 is 17.8 Å². The number of aromatic nitrogens is 2. The summed E-state index contributed by atoms with van der Waals surface area (Å²) in [5.41, 5.74) is 1.57. The third-order valence-electron chi connectivity index (χ3n) is 3.93. The van der Waals surface area contributed by atoms with Gasteiger partial charge in [0.2, 0.25) is 5.88 Å². The smallest absolute Gasteiger partial charge is 0.226 e. The summed E-state index contributed by atoms with van der Waals surface area (Å²) in [4.78, 5) is 5.29. The van der Waals surface area contributed by atoms with Gasteiger partial charge in [-0.25, -0.2) is 4.68 Å². The molecular weight excluding hydrogens is 390 g/mol. The second-order valence-electron chi connectivity index (χ2n) is 6.11. The molecule has 0 aliphatic carbocycles. The molecule has 0 radical (unpaired) electrons. The number of benzene rings is 2. The van der Waals surface area contributed by atoms with Crippen LogP contribution in [0.2, 0.25) is 5.02 Å². The molecule has 2 aromatic carbocycles. The Labute approximate surface area is 175 Å². The van der Waals surface area contributed by atoms with Crippen molar-refractivity contribution in [2.45, 2.75) is 6.92 Å². The Kier molecular flexibility index (Phi) is 7.30. The molecule has 0 saturated carbocycles. The molecule has 0 unspecified atom stereocenters. The van der Waals surface area contributed by atoms with Crippen LogP contribution in [0.15, 0.2) is 71.9 Å². The highest BCUT2D eigenvalue weighted by atomic mass is 35.5. The van der Waals surface area contributed by atoms with E-state index < -0.39 is 0 Å². The molecule has 0 bridgehead atoms. The van der Waals surface area contributed by atoms with E-state index in [0.717, 1.165) is 22.8 Å². The molecule has 0 N–H and O–H groups in total. The van der Waals surface area contributed by atoms with Gasteiger partial charge < -0.3 is 14.3 Å². The zero-order chi connectivity index (χ0) is 20.5. The number of hydrogen-bond donors (Lipinski definition) is 0. The third kappa shape index (κ3) is 6.12. The fourth-order valence-corrected chi connectivity index (χ4v) is 2.64. The van der Waals surface area contributed by atoms with Crippen LogP contribution in [0.5, 0.6) is 17.4 Å². The Balaban J connectivity index is 1.48. The first-order valence-corrected chi connectivity index (χ1v) is 9.46. The minimum atomic E-state index is 0.328. The van der Waals surface area contributed by atoms with Crippen molar-refractivity contribution in [3.8, 4) is 17.4 Å². The molecule has 0 atom stereocenters. The first kappa shape index (κ1) is 20.5. The van der Waals surface area contributed by atoms with Crippen LogP contribution in [-0.4, -0.2) is 29.2 Å². The monoisotopic (exact) mass is 411 g/mol. The standard InChI is InChI=1S/C22H22ClN3O3/c1-17-21(22(26(2)25-17)29-20-8-4-3-5-9-20)16-24-28-15-7-6-14-27-19-12-10-18(23)11-13-19/h3-13,16H,14-15H2,1-2H3. The highest BCUT2D eigenvalue weighted by Crippen LogP contribution is 2.25. The normalized spacial score (nSPS) is 11.3. The van der Waals surface area contributed by atoms with Crippen molar-refractivity contribution < 1.29 is 14.3 Å². The van der Waals surface area contributed by atoms with Crippen LogP contribution in [0.1, 0.15) is 11.3 Å². The molecule has 29 heavy (non-hydrogen) atoms. The number of rotatable bonds is 9. The molecule has 0 fully saturated rings. The van der Waals surface area contributed by atoms with E-state index in [0.29, 0.717) is 24.1 Å². The summed E-state index contributed by atoms with van der Waals surface area (Å²) < 4.78 is 13.2. The first-order valence-electron chi connectivity index (χ1n) is 9.08. The lowest BCUT2D eigenvalue weighted by Crippen LogP contribution is -1.97. The second kappa shape index (κ2) is 10.3. The summed E-state index contributed by atoms with van der Waals surface area (Å²) in [5, 5.41) is 9.09. The molecule has 150 valence electrons. The fraction of sp³-hybridized carbons (Fsp3) is 0.182. The average molecular weight is 412 g/mol. The van der Waals surface area contributed by atoms with E-state index in [4.69, 9.17) is 25.9 Å². The van der Waals surface area contributed by atoms with Crippen LogP contribution < -0.4 is 9.47 Å². The van der Waals surface area contributed by atoms with Gasteiger partial charge in [-0.15, -0.1) is 0 Å². The number of halogens is 1. The van der Waals surface area contributed by atoms with Crippen LogP contribution in [-0.2, 0) is 11.9 Å². The SMILES string of the molecule is Cc1nn(C)c(Oc2ccccc2)c1C=NOCC=CCOc1ccc(Cl)cc1. The highest BCUT2D eigenvalue weighted by Gasteiger charge is 2.14. The number of aryl methyl sites for hydroxylation is 2. The topological polar surface area (TPSA) is 57.9 Å². The van der Waals surface area contributed by atoms with Gasteiger partial charge in [0.1, 0.15) is 24.7 Å². The molecule has 6 nitrogen and oxygen atoms in total. The van der Waals surface area contributed by atoms with Crippen LogP contribution in [0.4, 0.5) is 0 Å². The molecule has 0 aliphatic rings. The van der Waals surface area contributed by atoms with E-state index in [9.17, 15) is 0 Å². The van der Waals surface area contributed by atoms with Gasteiger partial charge in [0.05, 0.1) is 17.5 Å². The highest BCUT2D eigenvalue weighted by molar-refractivity contribution is 6.30. The molecule has 3 rings (SSSR count). The van der Waals surface area contributed by atoms with Crippen molar-refractivity contribution in [1.29, 1.82) is 0 Å². The molecule has 0 amide bonds. The summed E-state index contributed by atoms with van der Waals surface area (Å²) >= 11 is 5.84. The number of ether oxygens (including phenoxy) is 2. The van der Waals surface area contributed by atoms with Gasteiger partial charge >= 0.3 is 0 Å². The Bertz CT molecular complexity index is 967. The summed E-state index contributed by atoms with van der Waals surface area (Å²) in [7, 11) is 1.83. The van der Waals surface area contributed by atoms with Gasteiger partial charge in [-0.1, -0.05) is 35.0 Å². The van der Waals surface area contributed by atoms with Crippen molar-refractivity contribution in [3.63, 3.8) is 0 Å². The molecular formula is C22H22ClN3O3. The molecule has 0 saturated heterocycles. The van der Waals surface area contributed by atoms with E-state index in [2.05, 4.69) is 10.3 Å². The number of nitrogens with zero attached hydrogens (tertiary/aromatic N) is 3. The molecule has 3 aromatic rings. The summed E-state index contributed by atoms with van der Waals surface area (Å²) in [6, 6.07) is 16.8. The van der Waals surface area contributed by atoms with Crippen molar-refractivity contribution in [2.75, 3.05) is 13.2 Å². The quantitative estimate of drug-likeness (QED) is 0.211. The van der Waals surface area contributed by atoms with Gasteiger partial charge in [0.25, 0.3) is 0 Å². The second-order valence-corrected chi connectivity index (χ2v) is 6.55. The zero-order valence-electron chi connectivity index (χ0n) is 16.3. The minimum absolute atomic E-state index is 0.328. The predicted molar refractivity (Wildman–Crippen MR) is 114 cm³/mol. The Morgan fingerprint density at radius 3 is 2.48 bits per heavy atom. The van der Waals surface area contributed by atoms with E-state index in [1.165, 1.54) is 0 Å². The summed E-state index contributed by atoms with van der Waals surface area (Å²) in [6.07, 6.45) is 5.31. The maximum atomic E-state index is 5.94. The number of hydrogen-bond acceptors (Lipinski definition) is 5. The van der Waals surface area contributed by atoms with Crippen molar-refractivity contribution in [1.82, 2.24) is 9.78 Å². The molecule has 0 spiro atoms. The van der Waals surface area contributed by atoms with Crippen LogP contribution >= 0.6 is 11.6 Å². The van der Waals surface area contributed by atoms with E-state index in [1.807, 2.05) is 68.6 Å². The maximum Gasteiger partial charge on any atom is 0.226 e. The summed E-state index contributed by atoms with van der Waals surface area (Å²) in [5.74, 6) is 2.10. The van der Waals surface area contributed by atoms with Crippen LogP contribution in [0.25, 0.3) is 0 Å². The Hall–Kier alpha value is -3.25.